The zero-order valence-electron chi connectivity index (χ0n) is 12.1. The molecular formula is C15H16ClFN2O3. The molecule has 0 radical (unpaired) electrons. The fourth-order valence-electron chi connectivity index (χ4n) is 1.91. The Morgan fingerprint density at radius 2 is 2.14 bits per heavy atom. The highest BCUT2D eigenvalue weighted by Crippen LogP contribution is 2.19. The Kier molecular flexibility index (Phi) is 4.83. The van der Waals surface area contributed by atoms with E-state index in [0.29, 0.717) is 5.52 Å². The number of carbonyl (C=O) groups is 1. The van der Waals surface area contributed by atoms with Gasteiger partial charge in [-0.3, -0.25) is 9.59 Å². The van der Waals surface area contributed by atoms with Gasteiger partial charge in [0.2, 0.25) is 5.43 Å². The van der Waals surface area contributed by atoms with E-state index < -0.39 is 23.3 Å². The number of hydrogen-bond donors (Lipinski definition) is 3. The van der Waals surface area contributed by atoms with E-state index in [1.165, 1.54) is 12.3 Å². The molecule has 1 atom stereocenters. The number of rotatable bonds is 4. The number of nitrogens with one attached hydrogen (secondary N) is 2. The Labute approximate surface area is 131 Å². The van der Waals surface area contributed by atoms with Crippen LogP contribution >= 0.6 is 11.6 Å². The molecule has 0 bridgehead atoms. The van der Waals surface area contributed by atoms with Crippen LogP contribution in [0.2, 0.25) is 5.02 Å². The van der Waals surface area contributed by atoms with E-state index in [4.69, 9.17) is 11.6 Å². The summed E-state index contributed by atoms with van der Waals surface area (Å²) in [5.74, 6) is -1.38. The van der Waals surface area contributed by atoms with Crippen LogP contribution < -0.4 is 10.7 Å². The standard InChI is InChI=1S/C15H16ClFN2O3/c1-7(2)13(20)6-19-15(22)9-5-18-12-4-10(16)11(17)3-8(12)14(9)21/h3-5,7,13,20H,6H2,1-2H3,(H,18,21)(H,19,22). The second-order valence-electron chi connectivity index (χ2n) is 5.36. The van der Waals surface area contributed by atoms with Gasteiger partial charge in [0.15, 0.2) is 0 Å². The number of halogens is 2. The summed E-state index contributed by atoms with van der Waals surface area (Å²) in [5, 5.41) is 12.1. The number of aliphatic hydroxyl groups is 1. The zero-order valence-corrected chi connectivity index (χ0v) is 12.9. The van der Waals surface area contributed by atoms with Crippen molar-refractivity contribution >= 4 is 28.4 Å². The van der Waals surface area contributed by atoms with E-state index >= 15 is 0 Å². The van der Waals surface area contributed by atoms with Gasteiger partial charge in [-0.15, -0.1) is 0 Å². The third-order valence-electron chi connectivity index (χ3n) is 3.41. The summed E-state index contributed by atoms with van der Waals surface area (Å²) in [7, 11) is 0. The van der Waals surface area contributed by atoms with Crippen molar-refractivity contribution in [2.75, 3.05) is 6.54 Å². The van der Waals surface area contributed by atoms with Crippen molar-refractivity contribution in [1.29, 1.82) is 0 Å². The first kappa shape index (κ1) is 16.5. The number of amides is 1. The lowest BCUT2D eigenvalue weighted by Gasteiger charge is -2.15. The third-order valence-corrected chi connectivity index (χ3v) is 3.70. The molecule has 0 aliphatic rings. The maximum absolute atomic E-state index is 13.5. The number of H-pyrrole nitrogens is 1. The number of aliphatic hydroxyl groups excluding tert-OH is 1. The van der Waals surface area contributed by atoms with Crippen molar-refractivity contribution in [3.8, 4) is 0 Å². The summed E-state index contributed by atoms with van der Waals surface area (Å²) in [6, 6.07) is 2.29. The van der Waals surface area contributed by atoms with Crippen molar-refractivity contribution in [3.05, 3.63) is 45.0 Å². The Hall–Kier alpha value is -1.92. The first-order valence-corrected chi connectivity index (χ1v) is 7.15. The minimum absolute atomic E-state index is 0.0218. The molecule has 2 aromatic rings. The zero-order chi connectivity index (χ0) is 16.4. The van der Waals surface area contributed by atoms with Crippen molar-refractivity contribution in [2.45, 2.75) is 20.0 Å². The normalized spacial score (nSPS) is 12.6. The van der Waals surface area contributed by atoms with Gasteiger partial charge in [0, 0.05) is 18.1 Å². The maximum atomic E-state index is 13.5. The summed E-state index contributed by atoms with van der Waals surface area (Å²) >= 11 is 5.65. The first-order chi connectivity index (χ1) is 10.3. The summed E-state index contributed by atoms with van der Waals surface area (Å²) in [4.78, 5) is 27.0. The van der Waals surface area contributed by atoms with Crippen molar-refractivity contribution in [2.24, 2.45) is 5.92 Å². The Morgan fingerprint density at radius 1 is 1.45 bits per heavy atom. The number of benzene rings is 1. The van der Waals surface area contributed by atoms with Crippen LogP contribution in [0.3, 0.4) is 0 Å². The number of hydrogen-bond acceptors (Lipinski definition) is 3. The number of pyridine rings is 1. The smallest absolute Gasteiger partial charge is 0.256 e. The molecule has 1 aromatic carbocycles. The van der Waals surface area contributed by atoms with Gasteiger partial charge in [-0.2, -0.15) is 0 Å². The average Bonchev–Trinajstić information content (AvgIpc) is 2.46. The molecule has 1 unspecified atom stereocenters. The number of fused-ring (bicyclic) bond motifs is 1. The highest BCUT2D eigenvalue weighted by atomic mass is 35.5. The summed E-state index contributed by atoms with van der Waals surface area (Å²) in [6.45, 7) is 3.65. The van der Waals surface area contributed by atoms with E-state index in [2.05, 4.69) is 10.3 Å². The predicted octanol–water partition coefficient (Wildman–Crippen LogP) is 2.07. The lowest BCUT2D eigenvalue weighted by molar-refractivity contribution is 0.0870. The largest absolute Gasteiger partial charge is 0.391 e. The van der Waals surface area contributed by atoms with Gasteiger partial charge in [0.1, 0.15) is 11.4 Å². The molecule has 0 aliphatic carbocycles. The molecule has 2 rings (SSSR count). The molecule has 1 heterocycles. The molecule has 7 heteroatoms. The van der Waals surface area contributed by atoms with Crippen LogP contribution in [-0.2, 0) is 0 Å². The maximum Gasteiger partial charge on any atom is 0.256 e. The van der Waals surface area contributed by atoms with E-state index in [1.807, 2.05) is 13.8 Å². The van der Waals surface area contributed by atoms with E-state index in [9.17, 15) is 19.1 Å². The van der Waals surface area contributed by atoms with Crippen LogP contribution in [0.5, 0.6) is 0 Å². The highest BCUT2D eigenvalue weighted by molar-refractivity contribution is 6.31. The summed E-state index contributed by atoms with van der Waals surface area (Å²) in [6.07, 6.45) is 0.537. The van der Waals surface area contributed by atoms with Crippen molar-refractivity contribution < 1.29 is 14.3 Å². The molecule has 1 aromatic heterocycles. The lowest BCUT2D eigenvalue weighted by atomic mass is 10.1. The minimum Gasteiger partial charge on any atom is -0.391 e. The Morgan fingerprint density at radius 3 is 2.77 bits per heavy atom. The SMILES string of the molecule is CC(C)C(O)CNC(=O)c1c[nH]c2cc(Cl)c(F)cc2c1=O. The van der Waals surface area contributed by atoms with Gasteiger partial charge in [-0.1, -0.05) is 25.4 Å². The number of carbonyl (C=O) groups excluding carboxylic acids is 1. The van der Waals surface area contributed by atoms with Crippen LogP contribution in [0.1, 0.15) is 24.2 Å². The first-order valence-electron chi connectivity index (χ1n) is 6.78. The lowest BCUT2D eigenvalue weighted by Crippen LogP contribution is -2.36. The monoisotopic (exact) mass is 326 g/mol. The van der Waals surface area contributed by atoms with E-state index in [-0.39, 0.29) is 28.4 Å². The van der Waals surface area contributed by atoms with E-state index in [1.54, 1.807) is 0 Å². The molecule has 22 heavy (non-hydrogen) atoms. The summed E-state index contributed by atoms with van der Waals surface area (Å²) < 4.78 is 13.5. The van der Waals surface area contributed by atoms with Crippen molar-refractivity contribution in [3.63, 3.8) is 0 Å². The van der Waals surface area contributed by atoms with Gasteiger partial charge in [-0.25, -0.2) is 4.39 Å². The number of aromatic nitrogens is 1. The summed E-state index contributed by atoms with van der Waals surface area (Å²) in [5.41, 5.74) is -0.402. The van der Waals surface area contributed by atoms with Crippen LogP contribution in [0.15, 0.2) is 23.1 Å². The van der Waals surface area contributed by atoms with Crippen LogP contribution in [-0.4, -0.2) is 28.6 Å². The fourth-order valence-corrected chi connectivity index (χ4v) is 2.08. The van der Waals surface area contributed by atoms with Crippen molar-refractivity contribution in [1.82, 2.24) is 10.3 Å². The second-order valence-corrected chi connectivity index (χ2v) is 5.77. The van der Waals surface area contributed by atoms with Gasteiger partial charge in [-0.05, 0) is 18.1 Å². The van der Waals surface area contributed by atoms with Gasteiger partial charge in [0.05, 0.1) is 16.6 Å². The molecule has 3 N–H and O–H groups in total. The highest BCUT2D eigenvalue weighted by Gasteiger charge is 2.16. The molecule has 0 spiro atoms. The fraction of sp³-hybridized carbons (Fsp3) is 0.333. The molecular weight excluding hydrogens is 311 g/mol. The topological polar surface area (TPSA) is 82.2 Å². The van der Waals surface area contributed by atoms with E-state index in [0.717, 1.165) is 6.07 Å². The van der Waals surface area contributed by atoms with Crippen LogP contribution in [0.25, 0.3) is 10.9 Å². The molecule has 5 nitrogen and oxygen atoms in total. The molecule has 118 valence electrons. The molecule has 0 saturated heterocycles. The van der Waals surface area contributed by atoms with Crippen LogP contribution in [0.4, 0.5) is 4.39 Å². The molecule has 0 saturated carbocycles. The minimum atomic E-state index is -0.729. The van der Waals surface area contributed by atoms with Gasteiger partial charge in [0.25, 0.3) is 5.91 Å². The quantitative estimate of drug-likeness (QED) is 0.804. The third kappa shape index (κ3) is 3.28. The Balaban J connectivity index is 2.32. The van der Waals surface area contributed by atoms with Gasteiger partial charge >= 0.3 is 0 Å². The molecule has 0 fully saturated rings. The molecule has 1 amide bonds. The molecule has 0 aliphatic heterocycles. The second kappa shape index (κ2) is 6.46. The average molecular weight is 327 g/mol. The van der Waals surface area contributed by atoms with Gasteiger partial charge < -0.3 is 15.4 Å². The number of aromatic amines is 1. The van der Waals surface area contributed by atoms with Crippen LogP contribution in [0, 0.1) is 11.7 Å². The Bertz CT molecular complexity index is 773. The predicted molar refractivity (Wildman–Crippen MR) is 82.7 cm³/mol.